The molecule has 0 saturated heterocycles. The summed E-state index contributed by atoms with van der Waals surface area (Å²) >= 11 is 3.30. The minimum Gasteiger partial charge on any atom is -0.193 e. The number of nitrogens with zero attached hydrogens (tertiary/aromatic N) is 1. The molecule has 1 aliphatic carbocycles. The predicted octanol–water partition coefficient (Wildman–Crippen LogP) is 2.51. The summed E-state index contributed by atoms with van der Waals surface area (Å²) in [5.74, 6) is 0. The second-order valence-corrected chi connectivity index (χ2v) is 2.82. The Labute approximate surface area is 62.8 Å². The molecule has 0 saturated carbocycles. The summed E-state index contributed by atoms with van der Waals surface area (Å²) in [4.78, 5) is 0. The third kappa shape index (κ3) is 1.69. The van der Waals surface area contributed by atoms with Crippen molar-refractivity contribution in [1.29, 1.82) is 5.26 Å². The highest BCUT2D eigenvalue weighted by Crippen LogP contribution is 2.19. The molecule has 0 aromatic heterocycles. The van der Waals surface area contributed by atoms with Gasteiger partial charge in [-0.25, -0.2) is 0 Å². The third-order valence-electron chi connectivity index (χ3n) is 1.21. The first kappa shape index (κ1) is 6.57. The molecule has 0 aliphatic heterocycles. The van der Waals surface area contributed by atoms with Gasteiger partial charge in [-0.05, 0) is 18.9 Å². The van der Waals surface area contributed by atoms with Gasteiger partial charge in [0, 0.05) is 10.1 Å². The molecule has 0 unspecified atom stereocenters. The van der Waals surface area contributed by atoms with Crippen LogP contribution in [0.1, 0.15) is 12.8 Å². The van der Waals surface area contributed by atoms with Crippen LogP contribution in [-0.4, -0.2) is 0 Å². The molecular formula is C7H6BrN. The van der Waals surface area contributed by atoms with E-state index in [1.807, 2.05) is 6.08 Å². The lowest BCUT2D eigenvalue weighted by Crippen LogP contribution is -1.84. The van der Waals surface area contributed by atoms with Crippen LogP contribution in [0.4, 0.5) is 0 Å². The molecule has 1 aliphatic rings. The van der Waals surface area contributed by atoms with E-state index in [1.165, 1.54) is 0 Å². The van der Waals surface area contributed by atoms with Crippen molar-refractivity contribution < 1.29 is 0 Å². The Morgan fingerprint density at radius 2 is 2.44 bits per heavy atom. The second kappa shape index (κ2) is 2.84. The van der Waals surface area contributed by atoms with Crippen LogP contribution in [0.5, 0.6) is 0 Å². The average molecular weight is 184 g/mol. The van der Waals surface area contributed by atoms with Gasteiger partial charge >= 0.3 is 0 Å². The number of rotatable bonds is 0. The van der Waals surface area contributed by atoms with Gasteiger partial charge in [0.15, 0.2) is 0 Å². The van der Waals surface area contributed by atoms with Gasteiger partial charge < -0.3 is 0 Å². The predicted molar refractivity (Wildman–Crippen MR) is 39.9 cm³/mol. The van der Waals surface area contributed by atoms with E-state index in [9.17, 15) is 0 Å². The Balaban J connectivity index is 2.78. The lowest BCUT2D eigenvalue weighted by molar-refractivity contribution is 0.992. The first-order valence-corrected chi connectivity index (χ1v) is 3.58. The Bertz CT molecular complexity index is 207. The van der Waals surface area contributed by atoms with Gasteiger partial charge in [0.05, 0.1) is 6.07 Å². The van der Waals surface area contributed by atoms with Crippen molar-refractivity contribution in [2.45, 2.75) is 12.8 Å². The minimum atomic E-state index is 0.865. The van der Waals surface area contributed by atoms with Gasteiger partial charge in [0.25, 0.3) is 0 Å². The molecule has 46 valence electrons. The van der Waals surface area contributed by atoms with Crippen LogP contribution >= 0.6 is 15.9 Å². The van der Waals surface area contributed by atoms with E-state index in [0.717, 1.165) is 22.9 Å². The largest absolute Gasteiger partial charge is 0.193 e. The molecule has 1 rings (SSSR count). The number of nitriles is 1. The van der Waals surface area contributed by atoms with Gasteiger partial charge in [-0.2, -0.15) is 5.26 Å². The van der Waals surface area contributed by atoms with Gasteiger partial charge in [-0.15, -0.1) is 0 Å². The van der Waals surface area contributed by atoms with Crippen LogP contribution < -0.4 is 0 Å². The molecule has 2 heteroatoms. The van der Waals surface area contributed by atoms with E-state index in [4.69, 9.17) is 5.26 Å². The quantitative estimate of drug-likeness (QED) is 0.567. The third-order valence-corrected chi connectivity index (χ3v) is 1.76. The fraction of sp³-hybridized carbons (Fsp3) is 0.286. The van der Waals surface area contributed by atoms with Gasteiger partial charge in [0.1, 0.15) is 0 Å². The smallest absolute Gasteiger partial charge is 0.0947 e. The average Bonchev–Trinajstić information content (AvgIpc) is 1.88. The van der Waals surface area contributed by atoms with Crippen molar-refractivity contribution >= 4 is 15.9 Å². The summed E-state index contributed by atoms with van der Waals surface area (Å²) in [7, 11) is 0. The Hall–Kier alpha value is -0.550. The molecule has 0 spiro atoms. The lowest BCUT2D eigenvalue weighted by atomic mass is 10.1. The molecule has 0 aromatic carbocycles. The molecule has 0 bridgehead atoms. The summed E-state index contributed by atoms with van der Waals surface area (Å²) in [6.07, 6.45) is 5.82. The molecule has 0 fully saturated rings. The molecule has 0 heterocycles. The second-order valence-electron chi connectivity index (χ2n) is 1.91. The van der Waals surface area contributed by atoms with Crippen molar-refractivity contribution in [3.05, 3.63) is 22.2 Å². The summed E-state index contributed by atoms with van der Waals surface area (Å²) in [5, 5.41) is 8.44. The van der Waals surface area contributed by atoms with Crippen LogP contribution in [0.25, 0.3) is 0 Å². The van der Waals surface area contributed by atoms with Crippen molar-refractivity contribution in [2.24, 2.45) is 0 Å². The molecule has 0 aromatic rings. The Morgan fingerprint density at radius 1 is 1.67 bits per heavy atom. The molecular weight excluding hydrogens is 178 g/mol. The van der Waals surface area contributed by atoms with Gasteiger partial charge in [-0.3, -0.25) is 0 Å². The Kier molecular flexibility index (Phi) is 2.07. The zero-order chi connectivity index (χ0) is 6.69. The lowest BCUT2D eigenvalue weighted by Gasteiger charge is -2.01. The molecule has 0 atom stereocenters. The minimum absolute atomic E-state index is 0.865. The molecule has 0 radical (unpaired) electrons. The fourth-order valence-electron chi connectivity index (χ4n) is 0.751. The first-order valence-electron chi connectivity index (χ1n) is 2.79. The van der Waals surface area contributed by atoms with E-state index in [1.54, 1.807) is 0 Å². The molecule has 0 amide bonds. The first-order chi connectivity index (χ1) is 4.33. The number of allylic oxidation sites excluding steroid dienone is 4. The maximum Gasteiger partial charge on any atom is 0.0947 e. The zero-order valence-electron chi connectivity index (χ0n) is 4.89. The summed E-state index contributed by atoms with van der Waals surface area (Å²) < 4.78 is 1.03. The van der Waals surface area contributed by atoms with E-state index in [0.29, 0.717) is 0 Å². The normalized spacial score (nSPS) is 17.8. The van der Waals surface area contributed by atoms with Crippen molar-refractivity contribution in [1.82, 2.24) is 0 Å². The monoisotopic (exact) mass is 183 g/mol. The van der Waals surface area contributed by atoms with Crippen LogP contribution in [0.15, 0.2) is 22.2 Å². The van der Waals surface area contributed by atoms with Crippen molar-refractivity contribution in [3.8, 4) is 6.07 Å². The summed E-state index contributed by atoms with van der Waals surface area (Å²) in [6, 6.07) is 2.12. The van der Waals surface area contributed by atoms with Gasteiger partial charge in [0.2, 0.25) is 0 Å². The fourth-order valence-corrected chi connectivity index (χ4v) is 1.26. The van der Waals surface area contributed by atoms with E-state index in [2.05, 4.69) is 28.1 Å². The summed E-state index contributed by atoms with van der Waals surface area (Å²) in [6.45, 7) is 0. The SMILES string of the molecule is N#CC1=CC(Br)=CCC1. The number of hydrogen-bond donors (Lipinski definition) is 0. The maximum absolute atomic E-state index is 8.44. The van der Waals surface area contributed by atoms with E-state index in [-0.39, 0.29) is 0 Å². The van der Waals surface area contributed by atoms with E-state index >= 15 is 0 Å². The molecule has 9 heavy (non-hydrogen) atoms. The van der Waals surface area contributed by atoms with Crippen LogP contribution in [0, 0.1) is 11.3 Å². The van der Waals surface area contributed by atoms with Crippen LogP contribution in [0.3, 0.4) is 0 Å². The topological polar surface area (TPSA) is 23.8 Å². The summed E-state index contributed by atoms with van der Waals surface area (Å²) in [5.41, 5.74) is 0.865. The molecule has 1 nitrogen and oxygen atoms in total. The highest BCUT2D eigenvalue weighted by Gasteiger charge is 2.00. The van der Waals surface area contributed by atoms with Crippen LogP contribution in [-0.2, 0) is 0 Å². The van der Waals surface area contributed by atoms with Crippen molar-refractivity contribution in [2.75, 3.05) is 0 Å². The highest BCUT2D eigenvalue weighted by atomic mass is 79.9. The zero-order valence-corrected chi connectivity index (χ0v) is 6.48. The van der Waals surface area contributed by atoms with Gasteiger partial charge in [-0.1, -0.05) is 22.0 Å². The number of hydrogen-bond acceptors (Lipinski definition) is 1. The van der Waals surface area contributed by atoms with E-state index < -0.39 is 0 Å². The standard InChI is InChI=1S/C7H6BrN/c8-7-3-1-2-6(4-7)5-9/h3-4H,1-2H2. The highest BCUT2D eigenvalue weighted by molar-refractivity contribution is 9.11. The number of halogens is 1. The molecule has 0 N–H and O–H groups in total. The maximum atomic E-state index is 8.44. The van der Waals surface area contributed by atoms with Crippen LogP contribution in [0.2, 0.25) is 0 Å². The van der Waals surface area contributed by atoms with Crippen molar-refractivity contribution in [3.63, 3.8) is 0 Å². The Morgan fingerprint density at radius 3 is 2.89 bits per heavy atom.